The molecule has 1 saturated heterocycles. The topological polar surface area (TPSA) is 72.6 Å². The van der Waals surface area contributed by atoms with Gasteiger partial charge in [0, 0.05) is 32.5 Å². The summed E-state index contributed by atoms with van der Waals surface area (Å²) in [7, 11) is 0. The van der Waals surface area contributed by atoms with Crippen molar-refractivity contribution in [1.82, 2.24) is 4.90 Å². The van der Waals surface area contributed by atoms with Crippen LogP contribution in [0, 0.1) is 5.92 Å². The Kier molecular flexibility index (Phi) is 5.41. The Morgan fingerprint density at radius 1 is 1.41 bits per heavy atom. The molecule has 0 aromatic carbocycles. The molecule has 2 N–H and O–H groups in total. The van der Waals surface area contributed by atoms with Gasteiger partial charge in [-0.2, -0.15) is 0 Å². The van der Waals surface area contributed by atoms with Crippen molar-refractivity contribution < 1.29 is 14.3 Å². The number of carbonyl (C=O) groups is 2. The maximum Gasteiger partial charge on any atom is 0.305 e. The van der Waals surface area contributed by atoms with Crippen LogP contribution in [0.2, 0.25) is 0 Å². The van der Waals surface area contributed by atoms with Crippen LogP contribution >= 0.6 is 0 Å². The molecule has 0 aromatic rings. The van der Waals surface area contributed by atoms with Crippen molar-refractivity contribution >= 4 is 11.9 Å². The van der Waals surface area contributed by atoms with Crippen LogP contribution < -0.4 is 5.73 Å². The van der Waals surface area contributed by atoms with Gasteiger partial charge < -0.3 is 15.4 Å². The van der Waals surface area contributed by atoms with Crippen molar-refractivity contribution in [2.45, 2.75) is 39.2 Å². The number of hydrogen-bond acceptors (Lipinski definition) is 4. The quantitative estimate of drug-likeness (QED) is 0.730. The van der Waals surface area contributed by atoms with Gasteiger partial charge in [-0.25, -0.2) is 0 Å². The molecule has 1 amide bonds. The van der Waals surface area contributed by atoms with Crippen LogP contribution in [0.15, 0.2) is 0 Å². The second-order valence-corrected chi connectivity index (χ2v) is 4.63. The van der Waals surface area contributed by atoms with Crippen LogP contribution in [0.25, 0.3) is 0 Å². The molecule has 5 heteroatoms. The number of carbonyl (C=O) groups excluding carboxylic acids is 2. The maximum atomic E-state index is 11.3. The van der Waals surface area contributed by atoms with Gasteiger partial charge in [0.05, 0.1) is 6.61 Å². The van der Waals surface area contributed by atoms with Crippen LogP contribution in [-0.2, 0) is 14.3 Å². The first-order chi connectivity index (χ1) is 8.02. The van der Waals surface area contributed by atoms with Gasteiger partial charge in [-0.3, -0.25) is 9.59 Å². The summed E-state index contributed by atoms with van der Waals surface area (Å²) in [5, 5.41) is 0. The third-order valence-electron chi connectivity index (χ3n) is 3.08. The number of nitrogens with two attached hydrogens (primary N) is 1. The van der Waals surface area contributed by atoms with Gasteiger partial charge in [-0.1, -0.05) is 0 Å². The van der Waals surface area contributed by atoms with E-state index in [0.717, 1.165) is 12.8 Å². The first-order valence-electron chi connectivity index (χ1n) is 6.19. The highest BCUT2D eigenvalue weighted by Crippen LogP contribution is 2.20. The number of nitrogens with zero attached hydrogens (tertiary/aromatic N) is 1. The van der Waals surface area contributed by atoms with Crippen LogP contribution in [0.1, 0.15) is 33.1 Å². The van der Waals surface area contributed by atoms with E-state index in [1.807, 2.05) is 0 Å². The molecule has 0 saturated carbocycles. The molecule has 0 bridgehead atoms. The van der Waals surface area contributed by atoms with Gasteiger partial charge in [0.25, 0.3) is 0 Å². The molecule has 1 fully saturated rings. The van der Waals surface area contributed by atoms with Crippen LogP contribution in [-0.4, -0.2) is 42.5 Å². The Bertz CT molecular complexity index is 281. The van der Waals surface area contributed by atoms with Gasteiger partial charge in [0.15, 0.2) is 0 Å². The van der Waals surface area contributed by atoms with Crippen molar-refractivity contribution in [2.24, 2.45) is 11.7 Å². The van der Waals surface area contributed by atoms with Crippen molar-refractivity contribution in [3.8, 4) is 0 Å². The molecule has 17 heavy (non-hydrogen) atoms. The number of hydrogen-bond donors (Lipinski definition) is 1. The van der Waals surface area contributed by atoms with E-state index in [9.17, 15) is 9.59 Å². The summed E-state index contributed by atoms with van der Waals surface area (Å²) in [6.07, 6.45) is 2.04. The lowest BCUT2D eigenvalue weighted by molar-refractivity contribution is -0.143. The molecule has 2 atom stereocenters. The predicted molar refractivity (Wildman–Crippen MR) is 64.2 cm³/mol. The minimum Gasteiger partial charge on any atom is -0.466 e. The summed E-state index contributed by atoms with van der Waals surface area (Å²) in [5.41, 5.74) is 5.91. The highest BCUT2D eigenvalue weighted by atomic mass is 16.5. The zero-order valence-corrected chi connectivity index (χ0v) is 10.6. The maximum absolute atomic E-state index is 11.3. The molecule has 5 nitrogen and oxygen atoms in total. The lowest BCUT2D eigenvalue weighted by Gasteiger charge is -2.35. The first kappa shape index (κ1) is 14.0. The van der Waals surface area contributed by atoms with Crippen molar-refractivity contribution in [3.63, 3.8) is 0 Å². The Hall–Kier alpha value is -1.10. The molecule has 1 heterocycles. The molecule has 0 aliphatic carbocycles. The van der Waals surface area contributed by atoms with Crippen molar-refractivity contribution in [3.05, 3.63) is 0 Å². The van der Waals surface area contributed by atoms with E-state index in [4.69, 9.17) is 10.5 Å². The Balaban J connectivity index is 2.37. The fraction of sp³-hybridized carbons (Fsp3) is 0.833. The summed E-state index contributed by atoms with van der Waals surface area (Å²) in [4.78, 5) is 24.3. The largest absolute Gasteiger partial charge is 0.466 e. The second-order valence-electron chi connectivity index (χ2n) is 4.63. The lowest BCUT2D eigenvalue weighted by Crippen LogP contribution is -2.48. The molecule has 0 aromatic heterocycles. The molecule has 0 spiro atoms. The van der Waals surface area contributed by atoms with E-state index in [-0.39, 0.29) is 17.9 Å². The molecule has 0 radical (unpaired) electrons. The standard InChI is InChI=1S/C12H22N2O3/c1-3-17-12(16)5-4-10-6-11(13)8-14(7-10)9(2)15/h10-11H,3-8,13H2,1-2H3. The van der Waals surface area contributed by atoms with E-state index >= 15 is 0 Å². The monoisotopic (exact) mass is 242 g/mol. The van der Waals surface area contributed by atoms with Gasteiger partial charge in [0.2, 0.25) is 5.91 Å². The number of ether oxygens (including phenoxy) is 1. The second kappa shape index (κ2) is 6.59. The zero-order chi connectivity index (χ0) is 12.8. The predicted octanol–water partition coefficient (Wildman–Crippen LogP) is 0.525. The summed E-state index contributed by atoms with van der Waals surface area (Å²) >= 11 is 0. The normalized spacial score (nSPS) is 24.5. The van der Waals surface area contributed by atoms with Crippen molar-refractivity contribution in [2.75, 3.05) is 19.7 Å². The Morgan fingerprint density at radius 2 is 2.12 bits per heavy atom. The fourth-order valence-electron chi connectivity index (χ4n) is 2.27. The highest BCUT2D eigenvalue weighted by molar-refractivity contribution is 5.73. The Morgan fingerprint density at radius 3 is 2.71 bits per heavy atom. The molecule has 1 aliphatic rings. The van der Waals surface area contributed by atoms with E-state index < -0.39 is 0 Å². The van der Waals surface area contributed by atoms with E-state index in [1.165, 1.54) is 0 Å². The minimum absolute atomic E-state index is 0.0276. The molecule has 98 valence electrons. The zero-order valence-electron chi connectivity index (χ0n) is 10.6. The minimum atomic E-state index is -0.166. The average molecular weight is 242 g/mol. The summed E-state index contributed by atoms with van der Waals surface area (Å²) in [5.74, 6) is 0.203. The van der Waals surface area contributed by atoms with E-state index in [0.29, 0.717) is 32.0 Å². The number of amides is 1. The third-order valence-corrected chi connectivity index (χ3v) is 3.08. The summed E-state index contributed by atoms with van der Waals surface area (Å²) in [6, 6.07) is 0.0276. The number of likely N-dealkylation sites (tertiary alicyclic amines) is 1. The third kappa shape index (κ3) is 4.73. The summed E-state index contributed by atoms with van der Waals surface area (Å²) < 4.78 is 4.88. The highest BCUT2D eigenvalue weighted by Gasteiger charge is 2.26. The molecule has 1 rings (SSSR count). The number of rotatable bonds is 4. The van der Waals surface area contributed by atoms with Gasteiger partial charge in [-0.05, 0) is 25.7 Å². The molecule has 2 unspecified atom stereocenters. The van der Waals surface area contributed by atoms with Gasteiger partial charge in [-0.15, -0.1) is 0 Å². The molecule has 1 aliphatic heterocycles. The number of esters is 1. The molecular formula is C12H22N2O3. The first-order valence-corrected chi connectivity index (χ1v) is 6.19. The average Bonchev–Trinajstić information content (AvgIpc) is 2.26. The SMILES string of the molecule is CCOC(=O)CCC1CC(N)CN(C(C)=O)C1. The smallest absolute Gasteiger partial charge is 0.305 e. The van der Waals surface area contributed by atoms with Crippen LogP contribution in [0.4, 0.5) is 0 Å². The van der Waals surface area contributed by atoms with Crippen LogP contribution in [0.5, 0.6) is 0 Å². The van der Waals surface area contributed by atoms with Gasteiger partial charge in [0.1, 0.15) is 0 Å². The van der Waals surface area contributed by atoms with Gasteiger partial charge >= 0.3 is 5.97 Å². The van der Waals surface area contributed by atoms with Crippen molar-refractivity contribution in [1.29, 1.82) is 0 Å². The Labute approximate surface area is 102 Å². The van der Waals surface area contributed by atoms with E-state index in [2.05, 4.69) is 0 Å². The lowest BCUT2D eigenvalue weighted by atomic mass is 9.91. The summed E-state index contributed by atoms with van der Waals surface area (Å²) in [6.45, 7) is 5.11. The van der Waals surface area contributed by atoms with Crippen LogP contribution in [0.3, 0.4) is 0 Å². The fourth-order valence-corrected chi connectivity index (χ4v) is 2.27. The number of piperidine rings is 1. The van der Waals surface area contributed by atoms with E-state index in [1.54, 1.807) is 18.7 Å². The molecular weight excluding hydrogens is 220 g/mol.